The van der Waals surface area contributed by atoms with Crippen LogP contribution in [-0.4, -0.2) is 23.2 Å². The molecule has 4 nitrogen and oxygen atoms in total. The number of hydrogen-bond acceptors (Lipinski definition) is 4. The molecular formula is C14H21NO3S. The molecule has 0 spiro atoms. The van der Waals surface area contributed by atoms with Crippen LogP contribution in [0.1, 0.15) is 49.7 Å². The lowest BCUT2D eigenvalue weighted by Gasteiger charge is -2.37. The first-order valence-electron chi connectivity index (χ1n) is 6.77. The lowest BCUT2D eigenvalue weighted by molar-refractivity contribution is -0.136. The Bertz CT molecular complexity index is 446. The number of thiazole rings is 1. The maximum Gasteiger partial charge on any atom is 0.303 e. The van der Waals surface area contributed by atoms with Gasteiger partial charge in [-0.3, -0.25) is 4.79 Å². The van der Waals surface area contributed by atoms with Gasteiger partial charge >= 0.3 is 5.97 Å². The molecule has 1 aromatic rings. The van der Waals surface area contributed by atoms with Gasteiger partial charge in [0, 0.05) is 18.9 Å². The van der Waals surface area contributed by atoms with Crippen molar-refractivity contribution in [3.8, 4) is 0 Å². The zero-order chi connectivity index (χ0) is 13.9. The Morgan fingerprint density at radius 2 is 2.47 bits per heavy atom. The van der Waals surface area contributed by atoms with Crippen LogP contribution >= 0.6 is 11.3 Å². The highest BCUT2D eigenvalue weighted by molar-refractivity contribution is 7.09. The van der Waals surface area contributed by atoms with Gasteiger partial charge in [-0.1, -0.05) is 13.3 Å². The van der Waals surface area contributed by atoms with E-state index in [1.807, 2.05) is 5.38 Å². The fourth-order valence-electron chi connectivity index (χ4n) is 2.84. The number of aromatic nitrogens is 1. The van der Waals surface area contributed by atoms with E-state index in [4.69, 9.17) is 9.84 Å². The third-order valence-corrected chi connectivity index (χ3v) is 4.96. The number of aliphatic carboxylic acids is 1. The fourth-order valence-corrected chi connectivity index (χ4v) is 3.91. The standard InChI is InChI=1S/C14H21NO3S/c1-10-4-3-7-14(8-10,18-2)13-15-11(9-19-13)5-6-12(16)17/h9-10H,3-8H2,1-2H3,(H,16,17). The number of methoxy groups -OCH3 is 1. The Morgan fingerprint density at radius 1 is 1.68 bits per heavy atom. The van der Waals surface area contributed by atoms with Crippen LogP contribution < -0.4 is 0 Å². The Hall–Kier alpha value is -0.940. The molecule has 1 aliphatic carbocycles. The summed E-state index contributed by atoms with van der Waals surface area (Å²) in [4.78, 5) is 15.2. The summed E-state index contributed by atoms with van der Waals surface area (Å²) in [5, 5.41) is 11.7. The molecule has 1 aliphatic rings. The molecule has 106 valence electrons. The van der Waals surface area contributed by atoms with Crippen molar-refractivity contribution >= 4 is 17.3 Å². The number of rotatable bonds is 5. The molecular weight excluding hydrogens is 262 g/mol. The number of carboxylic acids is 1. The minimum atomic E-state index is -0.776. The first-order valence-corrected chi connectivity index (χ1v) is 7.65. The molecule has 1 heterocycles. The summed E-state index contributed by atoms with van der Waals surface area (Å²) in [6, 6.07) is 0. The van der Waals surface area contributed by atoms with E-state index in [0.717, 1.165) is 23.5 Å². The molecule has 1 fully saturated rings. The lowest BCUT2D eigenvalue weighted by atomic mass is 9.79. The van der Waals surface area contributed by atoms with Crippen molar-refractivity contribution in [3.05, 3.63) is 16.1 Å². The van der Waals surface area contributed by atoms with Crippen LogP contribution in [0.25, 0.3) is 0 Å². The van der Waals surface area contributed by atoms with Gasteiger partial charge in [0.25, 0.3) is 0 Å². The van der Waals surface area contributed by atoms with E-state index >= 15 is 0 Å². The minimum Gasteiger partial charge on any atom is -0.481 e. The number of aryl methyl sites for hydroxylation is 1. The number of nitrogens with zero attached hydrogens (tertiary/aromatic N) is 1. The van der Waals surface area contributed by atoms with Crippen molar-refractivity contribution < 1.29 is 14.6 Å². The number of carbonyl (C=O) groups is 1. The molecule has 5 heteroatoms. The number of hydrogen-bond donors (Lipinski definition) is 1. The summed E-state index contributed by atoms with van der Waals surface area (Å²) in [5.41, 5.74) is 0.626. The quantitative estimate of drug-likeness (QED) is 0.901. The van der Waals surface area contributed by atoms with Crippen LogP contribution in [0.2, 0.25) is 0 Å². The lowest BCUT2D eigenvalue weighted by Crippen LogP contribution is -2.34. The molecule has 0 aliphatic heterocycles. The molecule has 2 unspecified atom stereocenters. The van der Waals surface area contributed by atoms with Gasteiger partial charge in [0.05, 0.1) is 12.1 Å². The molecule has 2 atom stereocenters. The van der Waals surface area contributed by atoms with Crippen molar-refractivity contribution in [2.75, 3.05) is 7.11 Å². The van der Waals surface area contributed by atoms with E-state index in [-0.39, 0.29) is 12.0 Å². The highest BCUT2D eigenvalue weighted by atomic mass is 32.1. The Balaban J connectivity index is 2.12. The van der Waals surface area contributed by atoms with Crippen molar-refractivity contribution in [1.29, 1.82) is 0 Å². The number of ether oxygens (including phenoxy) is 1. The minimum absolute atomic E-state index is 0.138. The highest BCUT2D eigenvalue weighted by Gasteiger charge is 2.39. The van der Waals surface area contributed by atoms with Crippen molar-refractivity contribution in [2.24, 2.45) is 5.92 Å². The van der Waals surface area contributed by atoms with E-state index in [9.17, 15) is 4.79 Å². The summed E-state index contributed by atoms with van der Waals surface area (Å²) >= 11 is 1.60. The molecule has 1 N–H and O–H groups in total. The first kappa shape index (κ1) is 14.5. The Labute approximate surface area is 117 Å². The summed E-state index contributed by atoms with van der Waals surface area (Å²) in [6.07, 6.45) is 5.08. The molecule has 19 heavy (non-hydrogen) atoms. The largest absolute Gasteiger partial charge is 0.481 e. The molecule has 1 aromatic heterocycles. The SMILES string of the molecule is COC1(c2nc(CCC(=O)O)cs2)CCCC(C)C1. The van der Waals surface area contributed by atoms with E-state index < -0.39 is 5.97 Å². The second-order valence-electron chi connectivity index (χ2n) is 5.44. The molecule has 2 rings (SSSR count). The monoisotopic (exact) mass is 283 g/mol. The summed E-state index contributed by atoms with van der Waals surface area (Å²) < 4.78 is 5.81. The highest BCUT2D eigenvalue weighted by Crippen LogP contribution is 2.43. The fraction of sp³-hybridized carbons (Fsp3) is 0.714. The van der Waals surface area contributed by atoms with Gasteiger partial charge < -0.3 is 9.84 Å². The van der Waals surface area contributed by atoms with Gasteiger partial charge in [0.1, 0.15) is 10.6 Å². The zero-order valence-electron chi connectivity index (χ0n) is 11.5. The second-order valence-corrected chi connectivity index (χ2v) is 6.30. The van der Waals surface area contributed by atoms with Gasteiger partial charge in [-0.05, 0) is 25.2 Å². The average molecular weight is 283 g/mol. The van der Waals surface area contributed by atoms with Gasteiger partial charge in [-0.2, -0.15) is 0 Å². The van der Waals surface area contributed by atoms with E-state index in [1.54, 1.807) is 18.4 Å². The summed E-state index contributed by atoms with van der Waals surface area (Å²) in [7, 11) is 1.76. The normalized spacial score (nSPS) is 27.4. The van der Waals surface area contributed by atoms with E-state index in [0.29, 0.717) is 12.3 Å². The van der Waals surface area contributed by atoms with Crippen molar-refractivity contribution in [2.45, 2.75) is 51.0 Å². The van der Waals surface area contributed by atoms with Crippen molar-refractivity contribution in [1.82, 2.24) is 4.98 Å². The second kappa shape index (κ2) is 6.01. The molecule has 0 amide bonds. The van der Waals surface area contributed by atoms with E-state index in [1.165, 1.54) is 12.8 Å². The van der Waals surface area contributed by atoms with Crippen LogP contribution in [0.3, 0.4) is 0 Å². The summed E-state index contributed by atoms with van der Waals surface area (Å²) in [6.45, 7) is 2.26. The zero-order valence-corrected chi connectivity index (χ0v) is 12.3. The molecule has 0 aromatic carbocycles. The molecule has 0 bridgehead atoms. The van der Waals surface area contributed by atoms with Crippen LogP contribution in [0, 0.1) is 5.92 Å². The van der Waals surface area contributed by atoms with Crippen LogP contribution in [0.4, 0.5) is 0 Å². The van der Waals surface area contributed by atoms with Gasteiger partial charge in [0.15, 0.2) is 0 Å². The molecule has 0 radical (unpaired) electrons. The van der Waals surface area contributed by atoms with Gasteiger partial charge in [-0.15, -0.1) is 11.3 Å². The topological polar surface area (TPSA) is 59.4 Å². The maximum absolute atomic E-state index is 10.6. The third kappa shape index (κ3) is 3.34. The number of carboxylic acid groups (broad SMARTS) is 1. The molecule has 0 saturated heterocycles. The van der Waals surface area contributed by atoms with Crippen LogP contribution in [-0.2, 0) is 21.6 Å². The smallest absolute Gasteiger partial charge is 0.303 e. The van der Waals surface area contributed by atoms with Gasteiger partial charge in [-0.25, -0.2) is 4.98 Å². The predicted molar refractivity (Wildman–Crippen MR) is 74.4 cm³/mol. The van der Waals surface area contributed by atoms with Gasteiger partial charge in [0.2, 0.25) is 0 Å². The first-order chi connectivity index (χ1) is 9.05. The Kier molecular flexibility index (Phi) is 4.58. The molecule has 1 saturated carbocycles. The summed E-state index contributed by atoms with van der Waals surface area (Å²) in [5.74, 6) is -0.123. The third-order valence-electron chi connectivity index (χ3n) is 3.88. The predicted octanol–water partition coefficient (Wildman–Crippen LogP) is 3.21. The van der Waals surface area contributed by atoms with Crippen LogP contribution in [0.15, 0.2) is 5.38 Å². The maximum atomic E-state index is 10.6. The van der Waals surface area contributed by atoms with Crippen molar-refractivity contribution in [3.63, 3.8) is 0 Å². The van der Waals surface area contributed by atoms with E-state index in [2.05, 4.69) is 11.9 Å². The average Bonchev–Trinajstić information content (AvgIpc) is 2.85. The van der Waals surface area contributed by atoms with Crippen LogP contribution in [0.5, 0.6) is 0 Å². The Morgan fingerprint density at radius 3 is 3.11 bits per heavy atom.